The summed E-state index contributed by atoms with van der Waals surface area (Å²) < 4.78 is 45.7. The van der Waals surface area contributed by atoms with E-state index < -0.39 is 81.0 Å². The molecule has 0 aromatic carbocycles. The van der Waals surface area contributed by atoms with Crippen LogP contribution in [0.3, 0.4) is 0 Å². The summed E-state index contributed by atoms with van der Waals surface area (Å²) >= 11 is 3.20. The highest BCUT2D eigenvalue weighted by atomic mass is 79.9. The number of fused-ring (bicyclic) bond motifs is 1. The van der Waals surface area contributed by atoms with Gasteiger partial charge in [0.05, 0.1) is 50.7 Å². The summed E-state index contributed by atoms with van der Waals surface area (Å²) in [5, 5.41) is 63.1. The fraction of sp³-hybridized carbons (Fsp3) is 1.00. The topological polar surface area (TPSA) is 194 Å². The number of alkyl halides is 1. The van der Waals surface area contributed by atoms with Crippen molar-refractivity contribution in [2.75, 3.05) is 37.9 Å². The zero-order valence-electron chi connectivity index (χ0n) is 19.6. The van der Waals surface area contributed by atoms with E-state index in [2.05, 4.69) is 15.9 Å². The van der Waals surface area contributed by atoms with Crippen LogP contribution in [0.4, 0.5) is 0 Å². The maximum Gasteiger partial charge on any atom is 0.330 e. The SMILES string of the molecule is CCOP(=O)(CCC1[C@@H](O)C(O)C2[C@@H](OC3C(O)[C@H](O)C(CO)O[C@@H]3OCCBr)OC21O)OCC. The van der Waals surface area contributed by atoms with Gasteiger partial charge in [-0.1, -0.05) is 15.9 Å². The van der Waals surface area contributed by atoms with Crippen LogP contribution in [-0.4, -0.2) is 124 Å². The lowest BCUT2D eigenvalue weighted by atomic mass is 9.87. The van der Waals surface area contributed by atoms with Crippen LogP contribution >= 0.6 is 23.5 Å². The van der Waals surface area contributed by atoms with E-state index in [4.69, 9.17) is 28.0 Å². The van der Waals surface area contributed by atoms with Crippen molar-refractivity contribution in [3.8, 4) is 0 Å². The Hall–Kier alpha value is 0.230. The first-order valence-electron chi connectivity index (χ1n) is 11.7. The first-order valence-corrected chi connectivity index (χ1v) is 14.5. The normalized spacial score (nSPS) is 43.7. The number of aliphatic hydroxyl groups excluding tert-OH is 5. The van der Waals surface area contributed by atoms with Crippen molar-refractivity contribution in [3.63, 3.8) is 0 Å². The maximum absolute atomic E-state index is 12.8. The second-order valence-electron chi connectivity index (χ2n) is 8.68. The lowest BCUT2D eigenvalue weighted by molar-refractivity contribution is -0.459. The van der Waals surface area contributed by atoms with Crippen LogP contribution < -0.4 is 0 Å². The summed E-state index contributed by atoms with van der Waals surface area (Å²) in [5.41, 5.74) is 0. The number of hydrogen-bond donors (Lipinski definition) is 6. The van der Waals surface area contributed by atoms with Gasteiger partial charge in [-0.15, -0.1) is 0 Å². The van der Waals surface area contributed by atoms with E-state index in [1.807, 2.05) is 0 Å². The molecule has 11 atom stereocenters. The maximum atomic E-state index is 12.8. The molecule has 1 aliphatic carbocycles. The van der Waals surface area contributed by atoms with E-state index in [0.717, 1.165) is 0 Å². The second kappa shape index (κ2) is 12.4. The quantitative estimate of drug-likeness (QED) is 0.111. The minimum absolute atomic E-state index is 0.0295. The average molecular weight is 595 g/mol. The fourth-order valence-corrected chi connectivity index (χ4v) is 6.79. The second-order valence-corrected chi connectivity index (χ2v) is 11.7. The van der Waals surface area contributed by atoms with Gasteiger partial charge in [-0.25, -0.2) is 0 Å². The molecule has 0 aromatic heterocycles. The van der Waals surface area contributed by atoms with Crippen LogP contribution in [0.5, 0.6) is 0 Å². The van der Waals surface area contributed by atoms with Crippen LogP contribution in [0, 0.1) is 11.8 Å². The smallest absolute Gasteiger partial charge is 0.330 e. The van der Waals surface area contributed by atoms with Crippen molar-refractivity contribution in [2.24, 2.45) is 11.8 Å². The van der Waals surface area contributed by atoms with Gasteiger partial charge in [0.25, 0.3) is 0 Å². The van der Waals surface area contributed by atoms with Gasteiger partial charge < -0.3 is 58.6 Å². The molecule has 7 unspecified atom stereocenters. The molecule has 2 heterocycles. The van der Waals surface area contributed by atoms with Crippen molar-refractivity contribution in [3.05, 3.63) is 0 Å². The Labute approximate surface area is 211 Å². The van der Waals surface area contributed by atoms with Crippen molar-refractivity contribution >= 4 is 23.5 Å². The van der Waals surface area contributed by atoms with Gasteiger partial charge >= 0.3 is 7.60 Å². The molecule has 0 radical (unpaired) electrons. The highest BCUT2D eigenvalue weighted by Crippen LogP contribution is 2.57. The average Bonchev–Trinajstić information content (AvgIpc) is 2.94. The molecule has 35 heavy (non-hydrogen) atoms. The third-order valence-corrected chi connectivity index (χ3v) is 9.01. The minimum Gasteiger partial charge on any atom is -0.394 e. The largest absolute Gasteiger partial charge is 0.394 e. The Kier molecular flexibility index (Phi) is 10.5. The molecule has 2 aliphatic heterocycles. The Bertz CT molecular complexity index is 723. The van der Waals surface area contributed by atoms with Crippen LogP contribution in [0.25, 0.3) is 0 Å². The van der Waals surface area contributed by atoms with Gasteiger partial charge in [0.15, 0.2) is 18.4 Å². The van der Waals surface area contributed by atoms with E-state index in [0.29, 0.717) is 5.33 Å². The third kappa shape index (κ3) is 5.96. The molecule has 1 saturated carbocycles. The summed E-state index contributed by atoms with van der Waals surface area (Å²) in [7, 11) is -3.47. The van der Waals surface area contributed by atoms with Crippen molar-refractivity contribution in [1.82, 2.24) is 0 Å². The first kappa shape index (κ1) is 29.8. The van der Waals surface area contributed by atoms with Gasteiger partial charge in [-0.3, -0.25) is 4.57 Å². The number of halogens is 1. The van der Waals surface area contributed by atoms with Gasteiger partial charge in [-0.2, -0.15) is 0 Å². The Morgan fingerprint density at radius 3 is 2.23 bits per heavy atom. The van der Waals surface area contributed by atoms with E-state index in [1.54, 1.807) is 13.8 Å². The molecule has 3 fully saturated rings. The van der Waals surface area contributed by atoms with Gasteiger partial charge in [0, 0.05) is 11.2 Å². The minimum atomic E-state index is -3.47. The first-order chi connectivity index (χ1) is 16.6. The summed E-state index contributed by atoms with van der Waals surface area (Å²) in [4.78, 5) is 0. The van der Waals surface area contributed by atoms with Crippen LogP contribution in [-0.2, 0) is 32.6 Å². The molecule has 3 aliphatic rings. The Morgan fingerprint density at radius 2 is 1.66 bits per heavy atom. The van der Waals surface area contributed by atoms with Gasteiger partial charge in [-0.05, 0) is 20.3 Å². The lowest BCUT2D eigenvalue weighted by Gasteiger charge is -2.52. The third-order valence-electron chi connectivity index (χ3n) is 6.58. The van der Waals surface area contributed by atoms with E-state index in [-0.39, 0.29) is 32.4 Å². The van der Waals surface area contributed by atoms with Crippen molar-refractivity contribution in [2.45, 2.75) is 75.3 Å². The summed E-state index contributed by atoms with van der Waals surface area (Å²) in [6.45, 7) is 3.23. The zero-order chi connectivity index (χ0) is 26.0. The molecule has 206 valence electrons. The molecule has 0 bridgehead atoms. The molecule has 13 nitrogen and oxygen atoms in total. The fourth-order valence-electron chi connectivity index (χ4n) is 4.89. The molecule has 15 heteroatoms. The van der Waals surface area contributed by atoms with E-state index in [9.17, 15) is 35.2 Å². The summed E-state index contributed by atoms with van der Waals surface area (Å²) in [5.74, 6) is -4.13. The van der Waals surface area contributed by atoms with Crippen LogP contribution in [0.15, 0.2) is 0 Å². The molecule has 0 aromatic rings. The van der Waals surface area contributed by atoms with Crippen LogP contribution in [0.1, 0.15) is 20.3 Å². The number of hydrogen-bond acceptors (Lipinski definition) is 13. The molecule has 6 N–H and O–H groups in total. The van der Waals surface area contributed by atoms with Crippen LogP contribution in [0.2, 0.25) is 0 Å². The molecule has 0 spiro atoms. The molecular formula is C20H36BrO13P. The predicted octanol–water partition coefficient (Wildman–Crippen LogP) is -1.11. The molecule has 3 rings (SSSR count). The number of aliphatic hydroxyl groups is 6. The van der Waals surface area contributed by atoms with Gasteiger partial charge in [0.2, 0.25) is 0 Å². The van der Waals surface area contributed by atoms with Crippen molar-refractivity contribution < 1.29 is 63.2 Å². The van der Waals surface area contributed by atoms with E-state index >= 15 is 0 Å². The Balaban J connectivity index is 1.70. The highest BCUT2D eigenvalue weighted by Gasteiger charge is 2.71. The molecule has 2 saturated heterocycles. The standard InChI is InChI=1S/C20H36BrO13P/c1-3-30-35(28,31-4-2)8-5-10-13(23)15(25)12-18(34-20(10,12)27)33-17-16(26)14(24)11(9-22)32-19(17)29-7-6-21/h10-19,22-27H,3-9H2,1-2H3/t10?,11?,12?,13-,14-,15?,16?,17?,18+,19+,20?/m1/s1. The van der Waals surface area contributed by atoms with Crippen molar-refractivity contribution in [1.29, 1.82) is 0 Å². The predicted molar refractivity (Wildman–Crippen MR) is 122 cm³/mol. The summed E-state index contributed by atoms with van der Waals surface area (Å²) in [6.07, 6.45) is -10.9. The molecular weight excluding hydrogens is 559 g/mol. The zero-order valence-corrected chi connectivity index (χ0v) is 22.1. The lowest BCUT2D eigenvalue weighted by Crippen LogP contribution is -2.67. The number of rotatable bonds is 13. The van der Waals surface area contributed by atoms with Gasteiger partial charge in [0.1, 0.15) is 24.4 Å². The van der Waals surface area contributed by atoms with E-state index in [1.165, 1.54) is 0 Å². The summed E-state index contributed by atoms with van der Waals surface area (Å²) in [6, 6.07) is 0. The Morgan fingerprint density at radius 1 is 1.00 bits per heavy atom. The molecule has 0 amide bonds. The highest BCUT2D eigenvalue weighted by molar-refractivity contribution is 9.09. The number of ether oxygens (including phenoxy) is 4. The monoisotopic (exact) mass is 594 g/mol.